The first-order valence-electron chi connectivity index (χ1n) is 6.01. The van der Waals surface area contributed by atoms with Crippen molar-refractivity contribution in [1.29, 1.82) is 0 Å². The zero-order valence-corrected chi connectivity index (χ0v) is 11.1. The van der Waals surface area contributed by atoms with Gasteiger partial charge in [0.15, 0.2) is 9.84 Å². The van der Waals surface area contributed by atoms with Gasteiger partial charge in [0.1, 0.15) is 11.0 Å². The molecule has 1 heterocycles. The first kappa shape index (κ1) is 13.7. The number of hydrogen-bond acceptors (Lipinski definition) is 5. The van der Waals surface area contributed by atoms with Crippen LogP contribution < -0.4 is 11.1 Å². The Labute approximate surface area is 111 Å². The van der Waals surface area contributed by atoms with Crippen LogP contribution in [0.1, 0.15) is 19.3 Å². The van der Waals surface area contributed by atoms with Crippen molar-refractivity contribution >= 4 is 27.1 Å². The van der Waals surface area contributed by atoms with Crippen LogP contribution in [0.5, 0.6) is 5.75 Å². The lowest BCUT2D eigenvalue weighted by molar-refractivity contribution is -0.116. The minimum Gasteiger partial charge on any atom is -0.508 e. The van der Waals surface area contributed by atoms with Gasteiger partial charge >= 0.3 is 0 Å². The molecule has 6 nitrogen and oxygen atoms in total. The highest BCUT2D eigenvalue weighted by molar-refractivity contribution is 7.92. The summed E-state index contributed by atoms with van der Waals surface area (Å²) in [5.74, 6) is -0.520. The van der Waals surface area contributed by atoms with E-state index in [4.69, 9.17) is 5.73 Å². The third-order valence-corrected chi connectivity index (χ3v) is 5.34. The predicted molar refractivity (Wildman–Crippen MR) is 72.6 cm³/mol. The van der Waals surface area contributed by atoms with E-state index in [1.807, 2.05) is 0 Å². The summed E-state index contributed by atoms with van der Waals surface area (Å²) in [4.78, 5) is 12.0. The number of phenolic OH excluding ortho intramolecular Hbond substituents is 1. The Morgan fingerprint density at radius 2 is 2.11 bits per heavy atom. The Balaban J connectivity index is 2.17. The quantitative estimate of drug-likeness (QED) is 0.551. The number of amides is 1. The van der Waals surface area contributed by atoms with Crippen LogP contribution in [-0.2, 0) is 14.6 Å². The molecule has 1 saturated heterocycles. The minimum atomic E-state index is -3.37. The summed E-state index contributed by atoms with van der Waals surface area (Å²) in [7, 11) is -3.37. The first-order valence-corrected chi connectivity index (χ1v) is 7.72. The van der Waals surface area contributed by atoms with Crippen molar-refractivity contribution in [2.75, 3.05) is 16.8 Å². The fourth-order valence-electron chi connectivity index (χ4n) is 2.13. The van der Waals surface area contributed by atoms with Gasteiger partial charge in [0.05, 0.1) is 17.1 Å². The molecule has 1 aromatic carbocycles. The molecule has 19 heavy (non-hydrogen) atoms. The number of nitrogen functional groups attached to an aromatic ring is 1. The van der Waals surface area contributed by atoms with E-state index in [2.05, 4.69) is 5.32 Å². The molecule has 1 unspecified atom stereocenters. The van der Waals surface area contributed by atoms with Crippen molar-refractivity contribution < 1.29 is 18.3 Å². The summed E-state index contributed by atoms with van der Waals surface area (Å²) in [5, 5.41) is 10.7. The normalized spacial score (nSPS) is 21.8. The fourth-order valence-corrected chi connectivity index (χ4v) is 3.93. The van der Waals surface area contributed by atoms with E-state index in [-0.39, 0.29) is 17.2 Å². The lowest BCUT2D eigenvalue weighted by Crippen LogP contribution is -2.39. The van der Waals surface area contributed by atoms with Crippen LogP contribution in [0.15, 0.2) is 18.2 Å². The van der Waals surface area contributed by atoms with Gasteiger partial charge in [0.2, 0.25) is 5.91 Å². The summed E-state index contributed by atoms with van der Waals surface area (Å²) in [6, 6.07) is 4.12. The molecule has 1 aliphatic heterocycles. The highest BCUT2D eigenvalue weighted by Gasteiger charge is 2.34. The van der Waals surface area contributed by atoms with Crippen molar-refractivity contribution in [3.63, 3.8) is 0 Å². The number of hydrogen-bond donors (Lipinski definition) is 3. The summed E-state index contributed by atoms with van der Waals surface area (Å²) < 4.78 is 23.6. The summed E-state index contributed by atoms with van der Waals surface area (Å²) >= 11 is 0. The number of anilines is 2. The first-order chi connectivity index (χ1) is 8.90. The van der Waals surface area contributed by atoms with Crippen LogP contribution in [0.2, 0.25) is 0 Å². The van der Waals surface area contributed by atoms with Crippen LogP contribution >= 0.6 is 0 Å². The third-order valence-electron chi connectivity index (χ3n) is 3.16. The van der Waals surface area contributed by atoms with Gasteiger partial charge in [-0.25, -0.2) is 8.42 Å². The number of sulfone groups is 1. The van der Waals surface area contributed by atoms with Crippen molar-refractivity contribution in [3.05, 3.63) is 18.2 Å². The Bertz CT molecular complexity index is 598. The molecule has 104 valence electrons. The second kappa shape index (κ2) is 5.08. The Hall–Kier alpha value is -1.76. The van der Waals surface area contributed by atoms with Crippen molar-refractivity contribution in [1.82, 2.24) is 0 Å². The molecule has 0 bridgehead atoms. The second-order valence-electron chi connectivity index (χ2n) is 4.61. The lowest BCUT2D eigenvalue weighted by atomic mass is 10.1. The van der Waals surface area contributed by atoms with E-state index in [1.54, 1.807) is 0 Å². The van der Waals surface area contributed by atoms with Gasteiger partial charge in [0.25, 0.3) is 0 Å². The molecule has 1 amide bonds. The van der Waals surface area contributed by atoms with E-state index in [0.29, 0.717) is 18.5 Å². The van der Waals surface area contributed by atoms with Gasteiger partial charge in [-0.2, -0.15) is 0 Å². The zero-order chi connectivity index (χ0) is 14.0. The highest BCUT2D eigenvalue weighted by Crippen LogP contribution is 2.25. The average Bonchev–Trinajstić information content (AvgIpc) is 2.32. The van der Waals surface area contributed by atoms with Gasteiger partial charge in [-0.3, -0.25) is 4.79 Å². The maximum atomic E-state index is 12.0. The van der Waals surface area contributed by atoms with E-state index in [9.17, 15) is 18.3 Å². The van der Waals surface area contributed by atoms with Crippen LogP contribution in [0.25, 0.3) is 0 Å². The van der Waals surface area contributed by atoms with E-state index >= 15 is 0 Å². The second-order valence-corrected chi connectivity index (χ2v) is 6.92. The van der Waals surface area contributed by atoms with E-state index in [0.717, 1.165) is 6.42 Å². The molecule has 0 saturated carbocycles. The molecule has 0 radical (unpaired) electrons. The number of nitrogens with two attached hydrogens (primary N) is 1. The Morgan fingerprint density at radius 1 is 1.37 bits per heavy atom. The zero-order valence-electron chi connectivity index (χ0n) is 10.3. The van der Waals surface area contributed by atoms with Gasteiger partial charge < -0.3 is 16.2 Å². The topological polar surface area (TPSA) is 109 Å². The number of carbonyl (C=O) groups is 1. The van der Waals surface area contributed by atoms with Crippen LogP contribution in [0.3, 0.4) is 0 Å². The van der Waals surface area contributed by atoms with Crippen LogP contribution in [0.4, 0.5) is 11.4 Å². The van der Waals surface area contributed by atoms with Gasteiger partial charge in [-0.05, 0) is 25.0 Å². The number of phenols is 1. The monoisotopic (exact) mass is 284 g/mol. The molecular weight excluding hydrogens is 268 g/mol. The predicted octanol–water partition coefficient (Wildman–Crippen LogP) is 0.880. The molecule has 2 rings (SSSR count). The summed E-state index contributed by atoms with van der Waals surface area (Å²) in [6.07, 6.45) is 1.67. The number of aromatic hydroxyl groups is 1. The molecule has 1 aliphatic rings. The smallest absolute Gasteiger partial charge is 0.242 e. The fraction of sp³-hybridized carbons (Fsp3) is 0.417. The molecule has 1 fully saturated rings. The van der Waals surface area contributed by atoms with Crippen molar-refractivity contribution in [2.24, 2.45) is 0 Å². The number of rotatable bonds is 2. The molecule has 7 heteroatoms. The maximum absolute atomic E-state index is 12.0. The van der Waals surface area contributed by atoms with Gasteiger partial charge in [-0.15, -0.1) is 0 Å². The van der Waals surface area contributed by atoms with Crippen molar-refractivity contribution in [2.45, 2.75) is 24.5 Å². The van der Waals surface area contributed by atoms with Crippen LogP contribution in [0, 0.1) is 0 Å². The Kier molecular flexibility index (Phi) is 3.66. The summed E-state index contributed by atoms with van der Waals surface area (Å²) in [6.45, 7) is 0. The lowest BCUT2D eigenvalue weighted by Gasteiger charge is -2.21. The maximum Gasteiger partial charge on any atom is 0.242 e. The molecule has 4 N–H and O–H groups in total. The minimum absolute atomic E-state index is 0.0132. The highest BCUT2D eigenvalue weighted by atomic mass is 32.2. The molecular formula is C12H16N2O4S. The SMILES string of the molecule is Nc1cc(O)ccc1NC(=O)C1CCCCS1(=O)=O. The third kappa shape index (κ3) is 2.98. The average molecular weight is 284 g/mol. The number of benzene rings is 1. The summed E-state index contributed by atoms with van der Waals surface area (Å²) in [5.41, 5.74) is 6.15. The molecule has 0 spiro atoms. The van der Waals surface area contributed by atoms with Crippen molar-refractivity contribution in [3.8, 4) is 5.75 Å². The molecule has 1 aromatic rings. The molecule has 0 aromatic heterocycles. The van der Waals surface area contributed by atoms with E-state index in [1.165, 1.54) is 18.2 Å². The van der Waals surface area contributed by atoms with Crippen LogP contribution in [-0.4, -0.2) is 30.4 Å². The Morgan fingerprint density at radius 3 is 2.74 bits per heavy atom. The standard InChI is InChI=1S/C12H16N2O4S/c13-9-7-8(15)4-5-10(9)14-12(16)11-3-1-2-6-19(11,17)18/h4-5,7,11,15H,1-3,6,13H2,(H,14,16). The largest absolute Gasteiger partial charge is 0.508 e. The van der Waals surface area contributed by atoms with Gasteiger partial charge in [0, 0.05) is 6.07 Å². The number of nitrogens with one attached hydrogen (secondary N) is 1. The molecule has 0 aliphatic carbocycles. The number of carbonyl (C=O) groups excluding carboxylic acids is 1. The van der Waals surface area contributed by atoms with Gasteiger partial charge in [-0.1, -0.05) is 6.42 Å². The van der Waals surface area contributed by atoms with E-state index < -0.39 is 21.0 Å². The molecule has 1 atom stereocenters.